The molecule has 0 aliphatic heterocycles. The topological polar surface area (TPSA) is 55.2 Å². The van der Waals surface area contributed by atoms with Crippen molar-refractivity contribution >= 4 is 16.3 Å². The van der Waals surface area contributed by atoms with Gasteiger partial charge in [-0.25, -0.2) is 0 Å². The quantitative estimate of drug-likeness (QED) is 0.644. The van der Waals surface area contributed by atoms with E-state index in [1.54, 1.807) is 12.1 Å². The van der Waals surface area contributed by atoms with Crippen LogP contribution in [0.3, 0.4) is 0 Å². The zero-order valence-corrected chi connectivity index (χ0v) is 12.4. The molecular weight excluding hydrogens is 272 g/mol. The maximum atomic E-state index is 10.6. The summed E-state index contributed by atoms with van der Waals surface area (Å²) in [5.74, 6) is 0.545. The minimum atomic E-state index is -0.348. The zero-order chi connectivity index (χ0) is 14.5. The van der Waals surface area contributed by atoms with Crippen LogP contribution in [-0.4, -0.2) is 4.92 Å². The minimum absolute atomic E-state index is 0.197. The molecule has 106 valence electrons. The Labute approximate surface area is 122 Å². The first-order valence-corrected chi connectivity index (χ1v) is 7.40. The molecule has 2 rings (SSSR count). The number of hydrogen-bond donors (Lipinski definition) is 1. The standard InChI is InChI=1S/C15H18N2O2S/c1-11(2)13-5-3-12(4-6-13)9-16-10-14-7-8-15(20-14)17(18)19/h3-8,11,16H,9-10H2,1-2H3. The second-order valence-corrected chi connectivity index (χ2v) is 6.14. The highest BCUT2D eigenvalue weighted by Crippen LogP contribution is 2.23. The van der Waals surface area contributed by atoms with Gasteiger partial charge in [0.1, 0.15) is 0 Å². The van der Waals surface area contributed by atoms with Crippen LogP contribution in [0.25, 0.3) is 0 Å². The van der Waals surface area contributed by atoms with E-state index in [1.165, 1.54) is 22.5 Å². The first-order valence-electron chi connectivity index (χ1n) is 6.59. The summed E-state index contributed by atoms with van der Waals surface area (Å²) in [4.78, 5) is 11.2. The Morgan fingerprint density at radius 3 is 2.40 bits per heavy atom. The molecule has 0 atom stereocenters. The number of thiophene rings is 1. The number of rotatable bonds is 6. The number of nitrogens with one attached hydrogen (secondary N) is 1. The van der Waals surface area contributed by atoms with Crippen LogP contribution in [-0.2, 0) is 13.1 Å². The van der Waals surface area contributed by atoms with E-state index in [9.17, 15) is 10.1 Å². The number of benzene rings is 1. The molecule has 1 aromatic carbocycles. The Bertz CT molecular complexity index is 576. The van der Waals surface area contributed by atoms with Gasteiger partial charge in [-0.15, -0.1) is 0 Å². The first kappa shape index (κ1) is 14.7. The highest BCUT2D eigenvalue weighted by Gasteiger charge is 2.09. The van der Waals surface area contributed by atoms with Gasteiger partial charge in [-0.05, 0) is 23.1 Å². The lowest BCUT2D eigenvalue weighted by molar-refractivity contribution is -0.380. The lowest BCUT2D eigenvalue weighted by Gasteiger charge is -2.07. The summed E-state index contributed by atoms with van der Waals surface area (Å²) < 4.78 is 0. The van der Waals surface area contributed by atoms with E-state index in [0.29, 0.717) is 12.5 Å². The van der Waals surface area contributed by atoms with Crippen molar-refractivity contribution < 1.29 is 4.92 Å². The normalized spacial score (nSPS) is 10.9. The number of nitrogens with zero attached hydrogens (tertiary/aromatic N) is 1. The van der Waals surface area contributed by atoms with E-state index in [1.807, 2.05) is 0 Å². The van der Waals surface area contributed by atoms with Gasteiger partial charge in [0.15, 0.2) is 0 Å². The van der Waals surface area contributed by atoms with Gasteiger partial charge in [-0.3, -0.25) is 10.1 Å². The summed E-state index contributed by atoms with van der Waals surface area (Å²) >= 11 is 1.22. The molecule has 5 heteroatoms. The predicted octanol–water partition coefficient (Wildman–Crippen LogP) is 4.07. The minimum Gasteiger partial charge on any atom is -0.308 e. The Morgan fingerprint density at radius 2 is 1.85 bits per heavy atom. The van der Waals surface area contributed by atoms with Crippen LogP contribution in [0.5, 0.6) is 0 Å². The lowest BCUT2D eigenvalue weighted by atomic mass is 10.0. The third kappa shape index (κ3) is 3.88. The molecule has 0 amide bonds. The molecule has 0 radical (unpaired) electrons. The molecule has 20 heavy (non-hydrogen) atoms. The van der Waals surface area contributed by atoms with Crippen molar-refractivity contribution in [1.29, 1.82) is 0 Å². The fourth-order valence-electron chi connectivity index (χ4n) is 1.91. The predicted molar refractivity (Wildman–Crippen MR) is 82.0 cm³/mol. The smallest absolute Gasteiger partial charge is 0.308 e. The zero-order valence-electron chi connectivity index (χ0n) is 11.6. The molecule has 1 aromatic heterocycles. The fourth-order valence-corrected chi connectivity index (χ4v) is 2.70. The average molecular weight is 290 g/mol. The maximum Gasteiger partial charge on any atom is 0.324 e. The van der Waals surface area contributed by atoms with Gasteiger partial charge in [0.2, 0.25) is 0 Å². The third-order valence-electron chi connectivity index (χ3n) is 3.10. The highest BCUT2D eigenvalue weighted by molar-refractivity contribution is 7.15. The largest absolute Gasteiger partial charge is 0.324 e. The van der Waals surface area contributed by atoms with Gasteiger partial charge in [-0.1, -0.05) is 49.4 Å². The first-order chi connectivity index (χ1) is 9.56. The lowest BCUT2D eigenvalue weighted by Crippen LogP contribution is -2.11. The molecule has 0 saturated heterocycles. The summed E-state index contributed by atoms with van der Waals surface area (Å²) in [6.07, 6.45) is 0. The van der Waals surface area contributed by atoms with Crippen molar-refractivity contribution in [3.8, 4) is 0 Å². The second-order valence-electron chi connectivity index (χ2n) is 5.00. The molecule has 0 bridgehead atoms. The van der Waals surface area contributed by atoms with E-state index >= 15 is 0 Å². The van der Waals surface area contributed by atoms with Crippen LogP contribution in [0.2, 0.25) is 0 Å². The Morgan fingerprint density at radius 1 is 1.15 bits per heavy atom. The van der Waals surface area contributed by atoms with Crippen molar-refractivity contribution in [3.63, 3.8) is 0 Å². The van der Waals surface area contributed by atoms with Crippen molar-refractivity contribution in [2.75, 3.05) is 0 Å². The molecular formula is C15H18N2O2S. The van der Waals surface area contributed by atoms with Crippen LogP contribution < -0.4 is 5.32 Å². The van der Waals surface area contributed by atoms with Crippen LogP contribution in [0.4, 0.5) is 5.00 Å². The second kappa shape index (κ2) is 6.63. The van der Waals surface area contributed by atoms with E-state index in [0.717, 1.165) is 11.4 Å². The van der Waals surface area contributed by atoms with Crippen molar-refractivity contribution in [2.24, 2.45) is 0 Å². The molecule has 0 aliphatic rings. The Kier molecular flexibility index (Phi) is 4.87. The van der Waals surface area contributed by atoms with Crippen LogP contribution >= 0.6 is 11.3 Å². The molecule has 0 unspecified atom stereocenters. The summed E-state index contributed by atoms with van der Waals surface area (Å²) in [7, 11) is 0. The fraction of sp³-hybridized carbons (Fsp3) is 0.333. The Hall–Kier alpha value is -1.72. The van der Waals surface area contributed by atoms with Crippen molar-refractivity contribution in [3.05, 3.63) is 62.5 Å². The summed E-state index contributed by atoms with van der Waals surface area (Å²) in [6, 6.07) is 11.9. The average Bonchev–Trinajstić information content (AvgIpc) is 2.88. The molecule has 4 nitrogen and oxygen atoms in total. The van der Waals surface area contributed by atoms with Crippen molar-refractivity contribution in [2.45, 2.75) is 32.9 Å². The van der Waals surface area contributed by atoms with E-state index in [2.05, 4.69) is 43.4 Å². The number of hydrogen-bond acceptors (Lipinski definition) is 4. The van der Waals surface area contributed by atoms with Gasteiger partial charge < -0.3 is 5.32 Å². The van der Waals surface area contributed by atoms with E-state index < -0.39 is 0 Å². The monoisotopic (exact) mass is 290 g/mol. The summed E-state index contributed by atoms with van der Waals surface area (Å²) in [5.41, 5.74) is 2.56. The third-order valence-corrected chi connectivity index (χ3v) is 4.14. The Balaban J connectivity index is 1.84. The van der Waals surface area contributed by atoms with Gasteiger partial charge >= 0.3 is 5.00 Å². The SMILES string of the molecule is CC(C)c1ccc(CNCc2ccc([N+](=O)[O-])s2)cc1. The van der Waals surface area contributed by atoms with Crippen LogP contribution in [0, 0.1) is 10.1 Å². The van der Waals surface area contributed by atoms with Gasteiger partial charge in [0, 0.05) is 24.0 Å². The van der Waals surface area contributed by atoms with E-state index in [4.69, 9.17) is 0 Å². The molecule has 0 saturated carbocycles. The summed E-state index contributed by atoms with van der Waals surface area (Å²) in [6.45, 7) is 5.78. The van der Waals surface area contributed by atoms with Gasteiger partial charge in [0.25, 0.3) is 0 Å². The molecule has 1 heterocycles. The molecule has 0 spiro atoms. The maximum absolute atomic E-state index is 10.6. The molecule has 2 aromatic rings. The van der Waals surface area contributed by atoms with Crippen LogP contribution in [0.15, 0.2) is 36.4 Å². The number of nitro groups is 1. The van der Waals surface area contributed by atoms with Gasteiger partial charge in [-0.2, -0.15) is 0 Å². The molecule has 0 fully saturated rings. The molecule has 0 aliphatic carbocycles. The van der Waals surface area contributed by atoms with Gasteiger partial charge in [0.05, 0.1) is 4.92 Å². The summed E-state index contributed by atoms with van der Waals surface area (Å²) in [5, 5.41) is 14.1. The van der Waals surface area contributed by atoms with Crippen molar-refractivity contribution in [1.82, 2.24) is 5.32 Å². The molecule has 1 N–H and O–H groups in total. The van der Waals surface area contributed by atoms with E-state index in [-0.39, 0.29) is 9.92 Å². The van der Waals surface area contributed by atoms with Crippen LogP contribution in [0.1, 0.15) is 35.8 Å². The highest BCUT2D eigenvalue weighted by atomic mass is 32.1.